The van der Waals surface area contributed by atoms with Crippen molar-refractivity contribution in [2.24, 2.45) is 0 Å². The fraction of sp³-hybridized carbons (Fsp3) is 0.250. The number of rotatable bonds is 3. The Morgan fingerprint density at radius 2 is 2.27 bits per heavy atom. The maximum absolute atomic E-state index is 10.9. The van der Waals surface area contributed by atoms with Crippen LogP contribution in [0.15, 0.2) is 18.2 Å². The Morgan fingerprint density at radius 1 is 1.60 bits per heavy atom. The quantitative estimate of drug-likeness (QED) is 0.740. The van der Waals surface area contributed by atoms with Crippen LogP contribution < -0.4 is 5.32 Å². The van der Waals surface area contributed by atoms with E-state index < -0.39 is 5.97 Å². The van der Waals surface area contributed by atoms with E-state index in [0.717, 1.165) is 5.56 Å². The Hall–Kier alpha value is -1.95. The predicted octanol–water partition coefficient (Wildman–Crippen LogP) is 2.13. The summed E-state index contributed by atoms with van der Waals surface area (Å²) < 4.78 is 0. The van der Waals surface area contributed by atoms with E-state index >= 15 is 0 Å². The molecule has 1 aromatic rings. The number of anilines is 1. The first kappa shape index (κ1) is 11.1. The number of carboxylic acid groups (broad SMARTS) is 1. The maximum Gasteiger partial charge on any atom is 0.337 e. The zero-order valence-corrected chi connectivity index (χ0v) is 8.74. The molecule has 3 heteroatoms. The fourth-order valence-electron chi connectivity index (χ4n) is 1.24. The minimum atomic E-state index is -0.957. The predicted molar refractivity (Wildman–Crippen MR) is 60.1 cm³/mol. The summed E-state index contributed by atoms with van der Waals surface area (Å²) in [5.41, 5.74) is 1.79. The third-order valence-corrected chi connectivity index (χ3v) is 2.03. The first-order valence-corrected chi connectivity index (χ1v) is 4.61. The van der Waals surface area contributed by atoms with Crippen LogP contribution in [0.4, 0.5) is 5.69 Å². The summed E-state index contributed by atoms with van der Waals surface area (Å²) in [6.07, 6.45) is 5.22. The Bertz CT molecular complexity index is 418. The summed E-state index contributed by atoms with van der Waals surface area (Å²) in [7, 11) is 0. The van der Waals surface area contributed by atoms with E-state index in [1.807, 2.05) is 6.92 Å². The highest BCUT2D eigenvalue weighted by molar-refractivity contribution is 5.94. The van der Waals surface area contributed by atoms with Crippen molar-refractivity contribution in [3.63, 3.8) is 0 Å². The van der Waals surface area contributed by atoms with Crippen molar-refractivity contribution in [3.8, 4) is 12.3 Å². The lowest BCUT2D eigenvalue weighted by Gasteiger charge is -2.12. The molecular formula is C12H13NO2. The lowest BCUT2D eigenvalue weighted by Crippen LogP contribution is -2.15. The molecule has 0 bridgehead atoms. The van der Waals surface area contributed by atoms with Crippen molar-refractivity contribution in [1.82, 2.24) is 0 Å². The molecule has 0 aliphatic rings. The molecule has 0 amide bonds. The van der Waals surface area contributed by atoms with Gasteiger partial charge in [-0.05, 0) is 31.5 Å². The SMILES string of the molecule is C#CC(C)Nc1cc(C)ccc1C(=O)O. The Morgan fingerprint density at radius 3 is 2.80 bits per heavy atom. The third kappa shape index (κ3) is 2.75. The highest BCUT2D eigenvalue weighted by atomic mass is 16.4. The molecule has 15 heavy (non-hydrogen) atoms. The smallest absolute Gasteiger partial charge is 0.337 e. The largest absolute Gasteiger partial charge is 0.478 e. The number of aryl methyl sites for hydroxylation is 1. The topological polar surface area (TPSA) is 49.3 Å². The minimum Gasteiger partial charge on any atom is -0.478 e. The van der Waals surface area contributed by atoms with E-state index in [1.165, 1.54) is 0 Å². The van der Waals surface area contributed by atoms with Gasteiger partial charge in [-0.25, -0.2) is 4.79 Å². The van der Waals surface area contributed by atoms with E-state index in [9.17, 15) is 4.79 Å². The number of terminal acetylenes is 1. The molecule has 0 saturated carbocycles. The lowest BCUT2D eigenvalue weighted by atomic mass is 10.1. The van der Waals surface area contributed by atoms with Gasteiger partial charge in [0.25, 0.3) is 0 Å². The van der Waals surface area contributed by atoms with Crippen LogP contribution in [-0.2, 0) is 0 Å². The average Bonchev–Trinajstić information content (AvgIpc) is 2.17. The zero-order valence-electron chi connectivity index (χ0n) is 8.74. The number of nitrogens with one attached hydrogen (secondary N) is 1. The molecule has 1 atom stereocenters. The number of aromatic carboxylic acids is 1. The number of benzene rings is 1. The first-order valence-electron chi connectivity index (χ1n) is 4.61. The highest BCUT2D eigenvalue weighted by Gasteiger charge is 2.10. The van der Waals surface area contributed by atoms with Crippen molar-refractivity contribution in [3.05, 3.63) is 29.3 Å². The van der Waals surface area contributed by atoms with Gasteiger partial charge < -0.3 is 10.4 Å². The van der Waals surface area contributed by atoms with E-state index in [0.29, 0.717) is 5.69 Å². The zero-order chi connectivity index (χ0) is 11.4. The monoisotopic (exact) mass is 203 g/mol. The second kappa shape index (κ2) is 4.52. The van der Waals surface area contributed by atoms with Crippen molar-refractivity contribution >= 4 is 11.7 Å². The molecule has 0 aromatic heterocycles. The summed E-state index contributed by atoms with van der Waals surface area (Å²) in [6.45, 7) is 3.70. The van der Waals surface area contributed by atoms with Gasteiger partial charge in [-0.15, -0.1) is 6.42 Å². The van der Waals surface area contributed by atoms with Gasteiger partial charge in [-0.3, -0.25) is 0 Å². The van der Waals surface area contributed by atoms with Crippen LogP contribution in [0.25, 0.3) is 0 Å². The normalized spacial score (nSPS) is 11.5. The molecule has 2 N–H and O–H groups in total. The first-order chi connectivity index (χ1) is 7.04. The Kier molecular flexibility index (Phi) is 3.35. The van der Waals surface area contributed by atoms with E-state index in [4.69, 9.17) is 11.5 Å². The van der Waals surface area contributed by atoms with Gasteiger partial charge in [-0.1, -0.05) is 12.0 Å². The summed E-state index contributed by atoms with van der Waals surface area (Å²) >= 11 is 0. The van der Waals surface area contributed by atoms with Crippen LogP contribution in [0.2, 0.25) is 0 Å². The van der Waals surface area contributed by atoms with Crippen molar-refractivity contribution in [2.75, 3.05) is 5.32 Å². The van der Waals surface area contributed by atoms with Crippen LogP contribution in [0, 0.1) is 19.3 Å². The van der Waals surface area contributed by atoms with Crippen molar-refractivity contribution < 1.29 is 9.90 Å². The summed E-state index contributed by atoms with van der Waals surface area (Å²) in [6, 6.07) is 4.92. The number of carboxylic acids is 1. The van der Waals surface area contributed by atoms with Gasteiger partial charge in [0.1, 0.15) is 0 Å². The number of carbonyl (C=O) groups is 1. The van der Waals surface area contributed by atoms with Crippen LogP contribution in [0.1, 0.15) is 22.8 Å². The van der Waals surface area contributed by atoms with Crippen LogP contribution >= 0.6 is 0 Å². The summed E-state index contributed by atoms with van der Waals surface area (Å²) in [4.78, 5) is 10.9. The lowest BCUT2D eigenvalue weighted by molar-refractivity contribution is 0.0698. The van der Waals surface area contributed by atoms with Crippen molar-refractivity contribution in [2.45, 2.75) is 19.9 Å². The molecule has 0 aliphatic carbocycles. The van der Waals surface area contributed by atoms with Crippen LogP contribution in [0.3, 0.4) is 0 Å². The molecule has 0 heterocycles. The minimum absolute atomic E-state index is 0.190. The Balaban J connectivity index is 3.08. The fourth-order valence-corrected chi connectivity index (χ4v) is 1.24. The molecule has 0 fully saturated rings. The van der Waals surface area contributed by atoms with E-state index in [1.54, 1.807) is 25.1 Å². The molecule has 0 spiro atoms. The molecule has 1 rings (SSSR count). The van der Waals surface area contributed by atoms with Gasteiger partial charge in [0.05, 0.1) is 11.6 Å². The van der Waals surface area contributed by atoms with Gasteiger partial charge in [-0.2, -0.15) is 0 Å². The molecule has 0 saturated heterocycles. The maximum atomic E-state index is 10.9. The van der Waals surface area contributed by atoms with Gasteiger partial charge in [0, 0.05) is 5.69 Å². The highest BCUT2D eigenvalue weighted by Crippen LogP contribution is 2.18. The van der Waals surface area contributed by atoms with Gasteiger partial charge in [0.2, 0.25) is 0 Å². The molecule has 1 aromatic carbocycles. The Labute approximate surface area is 89.1 Å². The molecule has 3 nitrogen and oxygen atoms in total. The molecule has 0 aliphatic heterocycles. The van der Waals surface area contributed by atoms with Gasteiger partial charge in [0.15, 0.2) is 0 Å². The number of hydrogen-bond donors (Lipinski definition) is 2. The third-order valence-electron chi connectivity index (χ3n) is 2.03. The average molecular weight is 203 g/mol. The standard InChI is InChI=1S/C12H13NO2/c1-4-9(3)13-11-7-8(2)5-6-10(11)12(14)15/h1,5-7,9,13H,2-3H3,(H,14,15). The molecular weight excluding hydrogens is 190 g/mol. The van der Waals surface area contributed by atoms with E-state index in [2.05, 4.69) is 11.2 Å². The molecule has 1 unspecified atom stereocenters. The van der Waals surface area contributed by atoms with Crippen LogP contribution in [-0.4, -0.2) is 17.1 Å². The summed E-state index contributed by atoms with van der Waals surface area (Å²) in [5.74, 6) is 1.54. The second-order valence-corrected chi connectivity index (χ2v) is 3.39. The molecule has 0 radical (unpaired) electrons. The van der Waals surface area contributed by atoms with Gasteiger partial charge >= 0.3 is 5.97 Å². The second-order valence-electron chi connectivity index (χ2n) is 3.39. The number of hydrogen-bond acceptors (Lipinski definition) is 2. The van der Waals surface area contributed by atoms with Crippen LogP contribution in [0.5, 0.6) is 0 Å². The van der Waals surface area contributed by atoms with Crippen molar-refractivity contribution in [1.29, 1.82) is 0 Å². The molecule has 78 valence electrons. The van der Waals surface area contributed by atoms with E-state index in [-0.39, 0.29) is 11.6 Å². The summed E-state index contributed by atoms with van der Waals surface area (Å²) in [5, 5.41) is 11.9.